The Labute approximate surface area is 160 Å². The molecule has 1 amide bonds. The highest BCUT2D eigenvalue weighted by Crippen LogP contribution is 2.22. The highest BCUT2D eigenvalue weighted by molar-refractivity contribution is 9.10. The Hall–Kier alpha value is -2.38. The van der Waals surface area contributed by atoms with Crippen LogP contribution in [0, 0.1) is 6.92 Å². The number of carbonyl (C=O) groups is 1. The van der Waals surface area contributed by atoms with Crippen molar-refractivity contribution in [2.75, 3.05) is 17.2 Å². The van der Waals surface area contributed by atoms with Crippen LogP contribution in [0.1, 0.15) is 12.5 Å². The number of halogens is 1. The molecule has 3 N–H and O–H groups in total. The minimum absolute atomic E-state index is 0.123. The monoisotopic (exact) mass is 416 g/mol. The van der Waals surface area contributed by atoms with E-state index < -0.39 is 6.10 Å². The summed E-state index contributed by atoms with van der Waals surface area (Å²) in [7, 11) is 0. The quantitative estimate of drug-likeness (QED) is 0.573. The zero-order valence-electron chi connectivity index (χ0n) is 14.7. The largest absolute Gasteiger partial charge is 0.392 e. The number of fused-ring (bicyclic) bond motifs is 1. The van der Waals surface area contributed by atoms with Crippen LogP contribution < -0.4 is 10.6 Å². The molecule has 0 aliphatic heterocycles. The highest BCUT2D eigenvalue weighted by atomic mass is 79.9. The van der Waals surface area contributed by atoms with Crippen molar-refractivity contribution in [1.82, 2.24) is 9.55 Å². The predicted octanol–water partition coefficient (Wildman–Crippen LogP) is 3.54. The molecule has 0 radical (unpaired) electrons. The van der Waals surface area contributed by atoms with Gasteiger partial charge in [0.25, 0.3) is 0 Å². The summed E-state index contributed by atoms with van der Waals surface area (Å²) in [6, 6.07) is 13.3. The average Bonchev–Trinajstić information content (AvgIpc) is 2.94. The SMILES string of the molecule is Cc1cc(NC(=O)Cn2c(NC[C@H](C)O)nc3ccccc32)ccc1Br. The molecule has 6 nitrogen and oxygen atoms in total. The molecule has 0 saturated heterocycles. The Bertz CT molecular complexity index is 936. The molecule has 1 atom stereocenters. The van der Waals surface area contributed by atoms with Gasteiger partial charge in [0.2, 0.25) is 11.9 Å². The number of aryl methyl sites for hydroxylation is 1. The number of carbonyl (C=O) groups excluding carboxylic acids is 1. The molecule has 3 rings (SSSR count). The van der Waals surface area contributed by atoms with Crippen LogP contribution in [0.25, 0.3) is 11.0 Å². The summed E-state index contributed by atoms with van der Waals surface area (Å²) in [6.45, 7) is 4.15. The number of nitrogens with one attached hydrogen (secondary N) is 2. The lowest BCUT2D eigenvalue weighted by Gasteiger charge is -2.12. The lowest BCUT2D eigenvalue weighted by Crippen LogP contribution is -2.22. The number of para-hydroxylation sites is 2. The van der Waals surface area contributed by atoms with Gasteiger partial charge in [-0.2, -0.15) is 0 Å². The first-order chi connectivity index (χ1) is 12.4. The number of aliphatic hydroxyl groups is 1. The Balaban J connectivity index is 1.82. The number of aliphatic hydroxyl groups excluding tert-OH is 1. The second-order valence-corrected chi connectivity index (χ2v) is 7.11. The van der Waals surface area contributed by atoms with E-state index in [1.807, 2.05) is 54.0 Å². The number of imidazole rings is 1. The first-order valence-corrected chi connectivity index (χ1v) is 9.16. The van der Waals surface area contributed by atoms with Gasteiger partial charge in [-0.05, 0) is 49.7 Å². The second kappa shape index (κ2) is 7.88. The maximum Gasteiger partial charge on any atom is 0.244 e. The van der Waals surface area contributed by atoms with E-state index in [4.69, 9.17) is 0 Å². The number of hydrogen-bond acceptors (Lipinski definition) is 4. The van der Waals surface area contributed by atoms with Gasteiger partial charge in [0, 0.05) is 16.7 Å². The van der Waals surface area contributed by atoms with Crippen LogP contribution in [0.2, 0.25) is 0 Å². The lowest BCUT2D eigenvalue weighted by atomic mass is 10.2. The fraction of sp³-hybridized carbons (Fsp3) is 0.263. The van der Waals surface area contributed by atoms with E-state index in [1.54, 1.807) is 6.92 Å². The standard InChI is InChI=1S/C19H21BrN4O2/c1-12-9-14(7-8-15(12)20)22-18(26)11-24-17-6-4-3-5-16(17)23-19(24)21-10-13(2)25/h3-9,13,25H,10-11H2,1-2H3,(H,21,23)(H,22,26)/t13-/m0/s1. The fourth-order valence-electron chi connectivity index (χ4n) is 2.68. The second-order valence-electron chi connectivity index (χ2n) is 6.25. The first-order valence-electron chi connectivity index (χ1n) is 8.37. The Morgan fingerprint density at radius 3 is 2.81 bits per heavy atom. The van der Waals surface area contributed by atoms with Crippen LogP contribution in [0.4, 0.5) is 11.6 Å². The van der Waals surface area contributed by atoms with Crippen molar-refractivity contribution in [2.24, 2.45) is 0 Å². The highest BCUT2D eigenvalue weighted by Gasteiger charge is 2.14. The Morgan fingerprint density at radius 1 is 1.31 bits per heavy atom. The molecule has 3 aromatic rings. The summed E-state index contributed by atoms with van der Waals surface area (Å²) in [6.07, 6.45) is -0.511. The van der Waals surface area contributed by atoms with Crippen molar-refractivity contribution in [3.63, 3.8) is 0 Å². The molecular formula is C19H21BrN4O2. The number of aromatic nitrogens is 2. The molecule has 1 aromatic heterocycles. The van der Waals surface area contributed by atoms with E-state index in [0.29, 0.717) is 12.5 Å². The number of anilines is 2. The molecule has 0 aliphatic carbocycles. The van der Waals surface area contributed by atoms with E-state index in [1.165, 1.54) is 0 Å². The van der Waals surface area contributed by atoms with Crippen molar-refractivity contribution < 1.29 is 9.90 Å². The number of rotatable bonds is 6. The van der Waals surface area contributed by atoms with Gasteiger partial charge in [0.15, 0.2) is 0 Å². The van der Waals surface area contributed by atoms with Gasteiger partial charge in [-0.25, -0.2) is 4.98 Å². The Kier molecular flexibility index (Phi) is 5.58. The number of benzene rings is 2. The summed E-state index contributed by atoms with van der Waals surface area (Å²) in [5.41, 5.74) is 3.46. The number of nitrogens with zero attached hydrogens (tertiary/aromatic N) is 2. The molecule has 0 bridgehead atoms. The van der Waals surface area contributed by atoms with Crippen LogP contribution in [0.15, 0.2) is 46.9 Å². The molecule has 0 spiro atoms. The first kappa shape index (κ1) is 18.4. The minimum atomic E-state index is -0.511. The van der Waals surface area contributed by atoms with Crippen LogP contribution in [-0.2, 0) is 11.3 Å². The maximum atomic E-state index is 12.6. The van der Waals surface area contributed by atoms with Gasteiger partial charge >= 0.3 is 0 Å². The summed E-state index contributed by atoms with van der Waals surface area (Å²) in [5, 5.41) is 15.5. The van der Waals surface area contributed by atoms with Crippen LogP contribution >= 0.6 is 15.9 Å². The molecule has 0 saturated carbocycles. The minimum Gasteiger partial charge on any atom is -0.392 e. The molecule has 1 heterocycles. The van der Waals surface area contributed by atoms with Gasteiger partial charge < -0.3 is 20.3 Å². The Morgan fingerprint density at radius 2 is 2.08 bits per heavy atom. The summed E-state index contributed by atoms with van der Waals surface area (Å²) in [4.78, 5) is 17.1. The van der Waals surface area contributed by atoms with Crippen molar-refractivity contribution in [2.45, 2.75) is 26.5 Å². The lowest BCUT2D eigenvalue weighted by molar-refractivity contribution is -0.116. The molecule has 2 aromatic carbocycles. The zero-order chi connectivity index (χ0) is 18.7. The third kappa shape index (κ3) is 4.23. The van der Waals surface area contributed by atoms with Gasteiger partial charge in [-0.15, -0.1) is 0 Å². The van der Waals surface area contributed by atoms with E-state index in [-0.39, 0.29) is 12.5 Å². The summed E-state index contributed by atoms with van der Waals surface area (Å²) >= 11 is 3.46. The smallest absolute Gasteiger partial charge is 0.244 e. The average molecular weight is 417 g/mol. The topological polar surface area (TPSA) is 79.2 Å². The molecule has 0 aliphatic rings. The predicted molar refractivity (Wildman–Crippen MR) is 107 cm³/mol. The van der Waals surface area contributed by atoms with Crippen molar-refractivity contribution >= 4 is 44.5 Å². The van der Waals surface area contributed by atoms with Crippen LogP contribution in [0.5, 0.6) is 0 Å². The molecular weight excluding hydrogens is 396 g/mol. The molecule has 136 valence electrons. The maximum absolute atomic E-state index is 12.6. The van der Waals surface area contributed by atoms with Crippen molar-refractivity contribution in [1.29, 1.82) is 0 Å². The van der Waals surface area contributed by atoms with Gasteiger partial charge in [0.05, 0.1) is 17.1 Å². The van der Waals surface area contributed by atoms with Crippen molar-refractivity contribution in [3.05, 3.63) is 52.5 Å². The van der Waals surface area contributed by atoms with Gasteiger partial charge in [-0.3, -0.25) is 4.79 Å². The van der Waals surface area contributed by atoms with E-state index in [2.05, 4.69) is 31.5 Å². The van der Waals surface area contributed by atoms with E-state index in [9.17, 15) is 9.90 Å². The number of hydrogen-bond donors (Lipinski definition) is 3. The fourth-order valence-corrected chi connectivity index (χ4v) is 2.92. The van der Waals surface area contributed by atoms with Crippen molar-refractivity contribution in [3.8, 4) is 0 Å². The van der Waals surface area contributed by atoms with Gasteiger partial charge in [-0.1, -0.05) is 28.1 Å². The van der Waals surface area contributed by atoms with E-state index in [0.717, 1.165) is 26.8 Å². The summed E-state index contributed by atoms with van der Waals surface area (Å²) in [5.74, 6) is 0.421. The molecule has 7 heteroatoms. The van der Waals surface area contributed by atoms with Crippen LogP contribution in [0.3, 0.4) is 0 Å². The molecule has 0 unspecified atom stereocenters. The zero-order valence-corrected chi connectivity index (χ0v) is 16.2. The number of amides is 1. The third-order valence-electron chi connectivity index (χ3n) is 3.95. The summed E-state index contributed by atoms with van der Waals surface area (Å²) < 4.78 is 2.82. The van der Waals surface area contributed by atoms with Gasteiger partial charge in [0.1, 0.15) is 6.54 Å². The van der Waals surface area contributed by atoms with Crippen LogP contribution in [-0.4, -0.2) is 33.2 Å². The molecule has 0 fully saturated rings. The third-order valence-corrected chi connectivity index (χ3v) is 4.84. The molecule has 26 heavy (non-hydrogen) atoms. The van der Waals surface area contributed by atoms with E-state index >= 15 is 0 Å². The normalized spacial score (nSPS) is 12.2.